The molecule has 1 aromatic rings. The van der Waals surface area contributed by atoms with Gasteiger partial charge in [0, 0.05) is 0 Å². The van der Waals surface area contributed by atoms with Crippen molar-refractivity contribution in [2.24, 2.45) is 5.92 Å². The number of carboxylic acids is 1. The van der Waals surface area contributed by atoms with Gasteiger partial charge in [0.05, 0.1) is 12.3 Å². The summed E-state index contributed by atoms with van der Waals surface area (Å²) >= 11 is 0. The molecule has 1 N–H and O–H groups in total. The quantitative estimate of drug-likeness (QED) is 0.843. The van der Waals surface area contributed by atoms with E-state index in [1.165, 1.54) is 24.3 Å². The zero-order valence-corrected chi connectivity index (χ0v) is 11.9. The lowest BCUT2D eigenvalue weighted by Crippen LogP contribution is -2.28. The smallest absolute Gasteiger partial charge is 0.307 e. The molecule has 0 radical (unpaired) electrons. The first kappa shape index (κ1) is 16.1. The lowest BCUT2D eigenvalue weighted by molar-refractivity contribution is -0.159. The molecule has 0 saturated carbocycles. The number of ether oxygens (including phenoxy) is 1. The van der Waals surface area contributed by atoms with Crippen molar-refractivity contribution >= 4 is 11.9 Å². The van der Waals surface area contributed by atoms with Gasteiger partial charge in [0.25, 0.3) is 0 Å². The Bertz CT molecular complexity index is 474. The topological polar surface area (TPSA) is 63.6 Å². The molecule has 0 spiro atoms. The number of esters is 1. The summed E-state index contributed by atoms with van der Waals surface area (Å²) in [6, 6.07) is 5.56. The van der Waals surface area contributed by atoms with Crippen molar-refractivity contribution in [3.63, 3.8) is 0 Å². The zero-order chi connectivity index (χ0) is 15.3. The van der Waals surface area contributed by atoms with E-state index in [-0.39, 0.29) is 18.7 Å². The SMILES string of the molecule is CC(C)(C)OC(=O)C[C@@H](Cc1ccc(F)cc1)C(=O)O. The molecule has 0 aromatic heterocycles. The van der Waals surface area contributed by atoms with E-state index >= 15 is 0 Å². The van der Waals surface area contributed by atoms with Crippen LogP contribution in [0, 0.1) is 11.7 Å². The molecule has 0 amide bonds. The van der Waals surface area contributed by atoms with Crippen LogP contribution in [0.1, 0.15) is 32.8 Å². The van der Waals surface area contributed by atoms with E-state index < -0.39 is 23.5 Å². The Morgan fingerprint density at radius 1 is 1.25 bits per heavy atom. The summed E-state index contributed by atoms with van der Waals surface area (Å²) in [5.74, 6) is -2.88. The van der Waals surface area contributed by atoms with Gasteiger partial charge in [-0.15, -0.1) is 0 Å². The lowest BCUT2D eigenvalue weighted by Gasteiger charge is -2.21. The summed E-state index contributed by atoms with van der Waals surface area (Å²) in [7, 11) is 0. The minimum Gasteiger partial charge on any atom is -0.481 e. The maximum atomic E-state index is 12.8. The summed E-state index contributed by atoms with van der Waals surface area (Å²) < 4.78 is 17.9. The van der Waals surface area contributed by atoms with Crippen LogP contribution in [0.4, 0.5) is 4.39 Å². The molecule has 0 bridgehead atoms. The van der Waals surface area contributed by atoms with E-state index in [9.17, 15) is 14.0 Å². The van der Waals surface area contributed by atoms with E-state index in [1.54, 1.807) is 20.8 Å². The molecule has 0 aliphatic rings. The number of carbonyl (C=O) groups is 2. The summed E-state index contributed by atoms with van der Waals surface area (Å²) in [6.45, 7) is 5.17. The highest BCUT2D eigenvalue weighted by Gasteiger charge is 2.25. The third-order valence-corrected chi connectivity index (χ3v) is 2.58. The fourth-order valence-corrected chi connectivity index (χ4v) is 1.74. The Hall–Kier alpha value is -1.91. The van der Waals surface area contributed by atoms with Gasteiger partial charge in [0.15, 0.2) is 0 Å². The van der Waals surface area contributed by atoms with E-state index in [1.807, 2.05) is 0 Å². The van der Waals surface area contributed by atoms with Gasteiger partial charge in [-0.25, -0.2) is 4.39 Å². The van der Waals surface area contributed by atoms with Crippen LogP contribution >= 0.6 is 0 Å². The Kier molecular flexibility index (Phi) is 5.25. The molecule has 5 heteroatoms. The molecule has 0 unspecified atom stereocenters. The molecule has 0 aliphatic heterocycles. The average Bonchev–Trinajstić information content (AvgIpc) is 2.28. The van der Waals surface area contributed by atoms with Crippen molar-refractivity contribution in [2.75, 3.05) is 0 Å². The maximum Gasteiger partial charge on any atom is 0.307 e. The van der Waals surface area contributed by atoms with Gasteiger partial charge in [0.2, 0.25) is 0 Å². The highest BCUT2D eigenvalue weighted by atomic mass is 19.1. The van der Waals surface area contributed by atoms with E-state index in [4.69, 9.17) is 9.84 Å². The molecule has 110 valence electrons. The molecule has 0 heterocycles. The summed E-state index contributed by atoms with van der Waals surface area (Å²) in [4.78, 5) is 22.9. The van der Waals surface area contributed by atoms with Crippen LogP contribution in [-0.2, 0) is 20.7 Å². The first-order valence-electron chi connectivity index (χ1n) is 6.36. The second-order valence-corrected chi connectivity index (χ2v) is 5.66. The molecular weight excluding hydrogens is 263 g/mol. The van der Waals surface area contributed by atoms with E-state index in [0.717, 1.165) is 0 Å². The zero-order valence-electron chi connectivity index (χ0n) is 11.9. The normalized spacial score (nSPS) is 12.8. The van der Waals surface area contributed by atoms with Crippen molar-refractivity contribution < 1.29 is 23.8 Å². The van der Waals surface area contributed by atoms with Crippen molar-refractivity contribution in [2.45, 2.75) is 39.2 Å². The van der Waals surface area contributed by atoms with Crippen molar-refractivity contribution in [3.05, 3.63) is 35.6 Å². The number of halogens is 1. The van der Waals surface area contributed by atoms with Crippen LogP contribution in [0.25, 0.3) is 0 Å². The second kappa shape index (κ2) is 6.50. The molecule has 1 rings (SSSR count). The number of rotatable bonds is 5. The molecule has 20 heavy (non-hydrogen) atoms. The predicted octanol–water partition coefficient (Wildman–Crippen LogP) is 2.80. The summed E-state index contributed by atoms with van der Waals surface area (Å²) in [6.07, 6.45) is -0.0428. The highest BCUT2D eigenvalue weighted by Crippen LogP contribution is 2.17. The number of carboxylic acid groups (broad SMARTS) is 1. The fraction of sp³-hybridized carbons (Fsp3) is 0.467. The lowest BCUT2D eigenvalue weighted by atomic mass is 9.96. The van der Waals surface area contributed by atoms with Crippen LogP contribution in [0.15, 0.2) is 24.3 Å². The predicted molar refractivity (Wildman–Crippen MR) is 71.7 cm³/mol. The van der Waals surface area contributed by atoms with E-state index in [0.29, 0.717) is 5.56 Å². The van der Waals surface area contributed by atoms with Gasteiger partial charge in [0.1, 0.15) is 11.4 Å². The number of hydrogen-bond donors (Lipinski definition) is 1. The number of benzene rings is 1. The number of carbonyl (C=O) groups excluding carboxylic acids is 1. The van der Waals surface area contributed by atoms with Crippen molar-refractivity contribution in [3.8, 4) is 0 Å². The van der Waals surface area contributed by atoms with E-state index in [2.05, 4.69) is 0 Å². The molecule has 1 aromatic carbocycles. The minimum atomic E-state index is -1.07. The molecule has 0 aliphatic carbocycles. The third-order valence-electron chi connectivity index (χ3n) is 2.58. The van der Waals surface area contributed by atoms with Gasteiger partial charge >= 0.3 is 11.9 Å². The molecule has 0 fully saturated rings. The van der Waals surface area contributed by atoms with Gasteiger partial charge in [-0.05, 0) is 44.9 Å². The van der Waals surface area contributed by atoms with Crippen LogP contribution in [-0.4, -0.2) is 22.6 Å². The standard InChI is InChI=1S/C15H19FO4/c1-15(2,3)20-13(17)9-11(14(18)19)8-10-4-6-12(16)7-5-10/h4-7,11H,8-9H2,1-3H3,(H,18,19)/t11-/m1/s1. The van der Waals surface area contributed by atoms with Crippen LogP contribution in [0.2, 0.25) is 0 Å². The Morgan fingerprint density at radius 2 is 1.80 bits per heavy atom. The largest absolute Gasteiger partial charge is 0.481 e. The Labute approximate surface area is 117 Å². The van der Waals surface area contributed by atoms with Gasteiger partial charge < -0.3 is 9.84 Å². The van der Waals surface area contributed by atoms with Gasteiger partial charge in [-0.2, -0.15) is 0 Å². The fourth-order valence-electron chi connectivity index (χ4n) is 1.74. The second-order valence-electron chi connectivity index (χ2n) is 5.66. The van der Waals surface area contributed by atoms with Gasteiger partial charge in [-0.1, -0.05) is 12.1 Å². The van der Waals surface area contributed by atoms with Gasteiger partial charge in [-0.3, -0.25) is 9.59 Å². The first-order chi connectivity index (χ1) is 9.17. The Morgan fingerprint density at radius 3 is 2.25 bits per heavy atom. The molecular formula is C15H19FO4. The molecule has 0 saturated heterocycles. The number of hydrogen-bond acceptors (Lipinski definition) is 3. The van der Waals surface area contributed by atoms with Crippen molar-refractivity contribution in [1.29, 1.82) is 0 Å². The summed E-state index contributed by atoms with van der Waals surface area (Å²) in [5, 5.41) is 9.15. The Balaban J connectivity index is 2.68. The minimum absolute atomic E-state index is 0.162. The summed E-state index contributed by atoms with van der Waals surface area (Å²) in [5.41, 5.74) is 0.0260. The molecule has 4 nitrogen and oxygen atoms in total. The van der Waals surface area contributed by atoms with Crippen LogP contribution < -0.4 is 0 Å². The van der Waals surface area contributed by atoms with Crippen LogP contribution in [0.5, 0.6) is 0 Å². The maximum absolute atomic E-state index is 12.8. The first-order valence-corrected chi connectivity index (χ1v) is 6.36. The monoisotopic (exact) mass is 282 g/mol. The average molecular weight is 282 g/mol. The van der Waals surface area contributed by atoms with Crippen molar-refractivity contribution in [1.82, 2.24) is 0 Å². The highest BCUT2D eigenvalue weighted by molar-refractivity contribution is 5.79. The van der Waals surface area contributed by atoms with Crippen LogP contribution in [0.3, 0.4) is 0 Å². The number of aliphatic carboxylic acids is 1. The third kappa shape index (κ3) is 5.82. The molecule has 1 atom stereocenters.